The number of hydrogen-bond donors (Lipinski definition) is 4. The highest BCUT2D eigenvalue weighted by atomic mass is 19.1. The van der Waals surface area contributed by atoms with Crippen LogP contribution in [0.4, 0.5) is 28.9 Å². The molecule has 0 aromatic heterocycles. The molecule has 0 aliphatic carbocycles. The second-order valence-electron chi connectivity index (χ2n) is 10.1. The fourth-order valence-electron chi connectivity index (χ4n) is 4.06. The number of amides is 2. The van der Waals surface area contributed by atoms with Gasteiger partial charge in [0.25, 0.3) is 11.8 Å². The molecule has 0 aliphatic rings. The van der Waals surface area contributed by atoms with Gasteiger partial charge in [-0.25, -0.2) is 27.2 Å². The lowest BCUT2D eigenvalue weighted by Crippen LogP contribution is -2.32. The summed E-state index contributed by atoms with van der Waals surface area (Å²) in [6.07, 6.45) is -0.743. The Kier molecular flexibility index (Phi) is 11.4. The second kappa shape index (κ2) is 15.8. The van der Waals surface area contributed by atoms with E-state index in [-0.39, 0.29) is 33.6 Å². The minimum atomic E-state index is -1.33. The summed E-state index contributed by atoms with van der Waals surface area (Å²) in [7, 11) is 0. The van der Waals surface area contributed by atoms with E-state index in [1.54, 1.807) is 0 Å². The SMILES string of the molecule is CC(CC(=O)OC(=O)c1ccccc1C(=O)NNc1ccc(F)cc1F)C(=O)OC(=O)c1ccccc1C(=O)NNc1ccc(F)cc1F. The molecule has 0 saturated heterocycles. The van der Waals surface area contributed by atoms with Crippen LogP contribution in [-0.2, 0) is 19.1 Å². The lowest BCUT2D eigenvalue weighted by Gasteiger charge is -2.13. The molecule has 0 bridgehead atoms. The number of esters is 4. The molecule has 12 nitrogen and oxygen atoms in total. The predicted molar refractivity (Wildman–Crippen MR) is 162 cm³/mol. The molecule has 2 amide bonds. The topological polar surface area (TPSA) is 169 Å². The van der Waals surface area contributed by atoms with Crippen LogP contribution in [0.25, 0.3) is 0 Å². The first-order valence-electron chi connectivity index (χ1n) is 14.1. The Balaban J connectivity index is 1.32. The molecular weight excluding hydrogens is 656 g/mol. The quantitative estimate of drug-likeness (QED) is 0.0744. The molecule has 4 rings (SSSR count). The number of nitrogens with one attached hydrogen (secondary N) is 4. The van der Waals surface area contributed by atoms with Crippen LogP contribution in [0.2, 0.25) is 0 Å². The van der Waals surface area contributed by atoms with Gasteiger partial charge in [0, 0.05) is 12.1 Å². The van der Waals surface area contributed by atoms with E-state index in [1.165, 1.54) is 55.5 Å². The van der Waals surface area contributed by atoms with Crippen LogP contribution >= 0.6 is 0 Å². The maximum atomic E-state index is 13.9. The molecule has 4 aromatic rings. The Bertz CT molecular complexity index is 1960. The predicted octanol–water partition coefficient (Wildman–Crippen LogP) is 4.85. The number of hydrazine groups is 2. The van der Waals surface area contributed by atoms with Gasteiger partial charge in [-0.2, -0.15) is 0 Å². The number of carbonyl (C=O) groups is 6. The summed E-state index contributed by atoms with van der Waals surface area (Å²) in [4.78, 5) is 76.0. The van der Waals surface area contributed by atoms with E-state index in [0.717, 1.165) is 24.3 Å². The Hall–Kier alpha value is -6.58. The first-order chi connectivity index (χ1) is 23.3. The minimum Gasteiger partial charge on any atom is -0.389 e. The summed E-state index contributed by atoms with van der Waals surface area (Å²) in [6.45, 7) is 1.20. The smallest absolute Gasteiger partial charge is 0.346 e. The summed E-state index contributed by atoms with van der Waals surface area (Å²) in [5.41, 5.74) is 6.93. The molecule has 252 valence electrons. The zero-order chi connectivity index (χ0) is 35.7. The molecule has 0 radical (unpaired) electrons. The number of carbonyl (C=O) groups excluding carboxylic acids is 6. The zero-order valence-corrected chi connectivity index (χ0v) is 25.1. The standard InChI is InChI=1S/C33H24F4N4O8/c1-17(31(45)49-33(47)23-9-5-3-7-21(23)30(44)41-39-27-13-11-19(35)16-25(27)37)14-28(42)48-32(46)22-8-4-2-6-20(22)29(43)40-38-26-12-10-18(34)15-24(26)36/h2-13,15-17,38-39H,14H2,1H3,(H,40,43)(H,41,44). The lowest BCUT2D eigenvalue weighted by atomic mass is 10.1. The average Bonchev–Trinajstić information content (AvgIpc) is 3.07. The van der Waals surface area contributed by atoms with E-state index < -0.39 is 71.3 Å². The highest BCUT2D eigenvalue weighted by Crippen LogP contribution is 2.18. The number of benzene rings is 4. The first kappa shape index (κ1) is 35.3. The fraction of sp³-hybridized carbons (Fsp3) is 0.0909. The van der Waals surface area contributed by atoms with Crippen molar-refractivity contribution in [1.82, 2.24) is 10.9 Å². The molecule has 4 aromatic carbocycles. The van der Waals surface area contributed by atoms with Crippen molar-refractivity contribution in [3.63, 3.8) is 0 Å². The van der Waals surface area contributed by atoms with Crippen LogP contribution in [0.3, 0.4) is 0 Å². The number of rotatable bonds is 11. The van der Waals surface area contributed by atoms with E-state index in [4.69, 9.17) is 9.47 Å². The van der Waals surface area contributed by atoms with E-state index >= 15 is 0 Å². The van der Waals surface area contributed by atoms with Crippen LogP contribution in [-0.4, -0.2) is 35.7 Å². The normalized spacial score (nSPS) is 11.0. The van der Waals surface area contributed by atoms with Crippen LogP contribution in [0.1, 0.15) is 54.8 Å². The Morgan fingerprint density at radius 3 is 1.43 bits per heavy atom. The van der Waals surface area contributed by atoms with Crippen molar-refractivity contribution in [2.75, 3.05) is 10.9 Å². The van der Waals surface area contributed by atoms with Gasteiger partial charge in [-0.05, 0) is 48.5 Å². The number of ether oxygens (including phenoxy) is 2. The van der Waals surface area contributed by atoms with Crippen molar-refractivity contribution in [3.8, 4) is 0 Å². The number of anilines is 2. The molecule has 49 heavy (non-hydrogen) atoms. The van der Waals surface area contributed by atoms with Crippen molar-refractivity contribution in [2.24, 2.45) is 5.92 Å². The van der Waals surface area contributed by atoms with Crippen LogP contribution in [0.5, 0.6) is 0 Å². The molecule has 0 spiro atoms. The molecule has 0 heterocycles. The molecule has 0 fully saturated rings. The lowest BCUT2D eigenvalue weighted by molar-refractivity contribution is -0.148. The third kappa shape index (κ3) is 9.25. The van der Waals surface area contributed by atoms with E-state index in [9.17, 15) is 46.3 Å². The summed E-state index contributed by atoms with van der Waals surface area (Å²) in [5.74, 6) is -11.9. The summed E-state index contributed by atoms with van der Waals surface area (Å²) in [5, 5.41) is 0. The fourth-order valence-corrected chi connectivity index (χ4v) is 4.06. The van der Waals surface area contributed by atoms with Gasteiger partial charge in [0.05, 0.1) is 46.0 Å². The van der Waals surface area contributed by atoms with E-state index in [2.05, 4.69) is 21.7 Å². The maximum absolute atomic E-state index is 13.9. The van der Waals surface area contributed by atoms with E-state index in [0.29, 0.717) is 12.1 Å². The van der Waals surface area contributed by atoms with Gasteiger partial charge in [0.15, 0.2) is 11.6 Å². The maximum Gasteiger partial charge on any atom is 0.346 e. The van der Waals surface area contributed by atoms with Gasteiger partial charge in [0.2, 0.25) is 0 Å². The van der Waals surface area contributed by atoms with Crippen molar-refractivity contribution >= 4 is 47.1 Å². The molecule has 0 aliphatic heterocycles. The van der Waals surface area contributed by atoms with Gasteiger partial charge in [0.1, 0.15) is 11.6 Å². The van der Waals surface area contributed by atoms with Gasteiger partial charge in [-0.1, -0.05) is 31.2 Å². The third-order valence-corrected chi connectivity index (χ3v) is 6.54. The average molecular weight is 681 g/mol. The highest BCUT2D eigenvalue weighted by molar-refractivity contribution is 6.09. The van der Waals surface area contributed by atoms with Crippen molar-refractivity contribution in [2.45, 2.75) is 13.3 Å². The van der Waals surface area contributed by atoms with Gasteiger partial charge < -0.3 is 9.47 Å². The van der Waals surface area contributed by atoms with Gasteiger partial charge >= 0.3 is 23.9 Å². The Labute approximate surface area is 274 Å². The minimum absolute atomic E-state index is 0.272. The summed E-state index contributed by atoms with van der Waals surface area (Å²) >= 11 is 0. The van der Waals surface area contributed by atoms with Crippen LogP contribution in [0.15, 0.2) is 84.9 Å². The second-order valence-corrected chi connectivity index (χ2v) is 10.1. The van der Waals surface area contributed by atoms with Crippen LogP contribution < -0.4 is 21.7 Å². The van der Waals surface area contributed by atoms with E-state index in [1.807, 2.05) is 0 Å². The molecule has 1 atom stereocenters. The van der Waals surface area contributed by atoms with Gasteiger partial charge in [-0.3, -0.25) is 40.9 Å². The molecule has 16 heteroatoms. The van der Waals surface area contributed by atoms with Gasteiger partial charge in [-0.15, -0.1) is 0 Å². The largest absolute Gasteiger partial charge is 0.389 e. The molecular formula is C33H24F4N4O8. The zero-order valence-electron chi connectivity index (χ0n) is 25.1. The summed E-state index contributed by atoms with van der Waals surface area (Å²) < 4.78 is 63.6. The van der Waals surface area contributed by atoms with Crippen molar-refractivity contribution in [1.29, 1.82) is 0 Å². The number of halogens is 4. The molecule has 1 unspecified atom stereocenters. The van der Waals surface area contributed by atoms with Crippen molar-refractivity contribution in [3.05, 3.63) is 130 Å². The third-order valence-electron chi connectivity index (χ3n) is 6.54. The Morgan fingerprint density at radius 1 is 0.592 bits per heavy atom. The van der Waals surface area contributed by atoms with Crippen LogP contribution in [0, 0.1) is 29.2 Å². The molecule has 0 saturated carbocycles. The van der Waals surface area contributed by atoms with Crippen molar-refractivity contribution < 1.29 is 55.8 Å². The Morgan fingerprint density at radius 2 is 1.00 bits per heavy atom. The number of hydrogen-bond acceptors (Lipinski definition) is 10. The highest BCUT2D eigenvalue weighted by Gasteiger charge is 2.27. The molecule has 4 N–H and O–H groups in total. The monoisotopic (exact) mass is 680 g/mol. The summed E-state index contributed by atoms with van der Waals surface area (Å²) in [6, 6.07) is 15.4. The first-order valence-corrected chi connectivity index (χ1v) is 14.1.